The van der Waals surface area contributed by atoms with Crippen molar-refractivity contribution in [2.24, 2.45) is 23.7 Å². The van der Waals surface area contributed by atoms with Gasteiger partial charge in [0.05, 0.1) is 0 Å². The maximum atomic E-state index is 2.89. The average Bonchev–Trinajstić information content (AvgIpc) is 3.59. The Bertz CT molecular complexity index is 992. The van der Waals surface area contributed by atoms with Gasteiger partial charge in [0.2, 0.25) is 0 Å². The highest BCUT2D eigenvalue weighted by Crippen LogP contribution is 2.64. The van der Waals surface area contributed by atoms with E-state index in [0.29, 0.717) is 23.7 Å². The summed E-state index contributed by atoms with van der Waals surface area (Å²) in [6.45, 7) is 5.10. The topological polar surface area (TPSA) is 6.48 Å². The SMILES string of the molecule is C1=CC2c3c4c5c(c6c3N(CC2C1)CC1CC=CC61)C1C=CCC1CN5CC1CC=CC41. The van der Waals surface area contributed by atoms with Gasteiger partial charge < -0.3 is 9.80 Å². The van der Waals surface area contributed by atoms with Crippen molar-refractivity contribution in [1.82, 2.24) is 0 Å². The monoisotopic (exact) mass is 420 g/mol. The normalized spacial score (nSPS) is 42.6. The minimum atomic E-state index is 0.647. The molecule has 0 saturated heterocycles. The molecule has 0 saturated carbocycles. The van der Waals surface area contributed by atoms with E-state index < -0.39 is 0 Å². The van der Waals surface area contributed by atoms with Crippen molar-refractivity contribution in [1.29, 1.82) is 0 Å². The zero-order valence-electron chi connectivity index (χ0n) is 18.8. The molecule has 1 aromatic carbocycles. The number of hydrogen-bond acceptors (Lipinski definition) is 2. The Balaban J connectivity index is 1.43. The molecule has 4 aliphatic carbocycles. The number of hydrogen-bond donors (Lipinski definition) is 0. The molecule has 0 amide bonds. The van der Waals surface area contributed by atoms with Gasteiger partial charge >= 0.3 is 0 Å². The number of allylic oxidation sites excluding steroid dienone is 8. The van der Waals surface area contributed by atoms with Crippen LogP contribution >= 0.6 is 0 Å². The Morgan fingerprint density at radius 1 is 0.438 bits per heavy atom. The van der Waals surface area contributed by atoms with Gasteiger partial charge in [-0.3, -0.25) is 0 Å². The zero-order valence-corrected chi connectivity index (χ0v) is 18.8. The van der Waals surface area contributed by atoms with Crippen molar-refractivity contribution < 1.29 is 0 Å². The van der Waals surface area contributed by atoms with E-state index in [1.807, 2.05) is 0 Å². The number of fused-ring (bicyclic) bond motifs is 10. The van der Waals surface area contributed by atoms with Gasteiger partial charge in [-0.05, 0) is 71.6 Å². The molecule has 0 N–H and O–H groups in total. The molecule has 32 heavy (non-hydrogen) atoms. The summed E-state index contributed by atoms with van der Waals surface area (Å²) >= 11 is 0. The van der Waals surface area contributed by atoms with E-state index in [9.17, 15) is 0 Å². The second kappa shape index (κ2) is 5.82. The van der Waals surface area contributed by atoms with Crippen LogP contribution in [-0.4, -0.2) is 26.2 Å². The highest BCUT2D eigenvalue weighted by molar-refractivity contribution is 5.84. The molecular weight excluding hydrogens is 388 g/mol. The Hall–Kier alpha value is -2.22. The zero-order chi connectivity index (χ0) is 20.6. The van der Waals surface area contributed by atoms with Crippen molar-refractivity contribution >= 4 is 11.4 Å². The smallest absolute Gasteiger partial charge is 0.0451 e. The third-order valence-corrected chi connectivity index (χ3v) is 10.5. The lowest BCUT2D eigenvalue weighted by Gasteiger charge is -2.54. The predicted octanol–water partition coefficient (Wildman–Crippen LogP) is 5.99. The summed E-state index contributed by atoms with van der Waals surface area (Å²) in [5, 5.41) is 0. The molecule has 0 radical (unpaired) electrons. The standard InChI is InChI=1S/C30H32N2/c1-5-17-13-31-14-18-6-3-11-23(18)27-28-24-12-4-8-20(24)16-32-15-19-7-2-10-22(19)26(30(28)32)25(29(27)31)21(17)9-1/h1-4,9-12,17-24H,5-8,13-16H2. The van der Waals surface area contributed by atoms with Crippen LogP contribution in [0.5, 0.6) is 0 Å². The highest BCUT2D eigenvalue weighted by atomic mass is 15.2. The number of rotatable bonds is 0. The third kappa shape index (κ3) is 1.92. The quantitative estimate of drug-likeness (QED) is 0.476. The minimum Gasteiger partial charge on any atom is -0.370 e. The summed E-state index contributed by atoms with van der Waals surface area (Å²) in [4.78, 5) is 5.78. The van der Waals surface area contributed by atoms with Gasteiger partial charge in [-0.25, -0.2) is 0 Å². The first kappa shape index (κ1) is 17.3. The van der Waals surface area contributed by atoms with Gasteiger partial charge in [0.15, 0.2) is 0 Å². The van der Waals surface area contributed by atoms with Gasteiger partial charge in [-0.2, -0.15) is 0 Å². The molecule has 8 atom stereocenters. The maximum absolute atomic E-state index is 2.89. The van der Waals surface area contributed by atoms with Crippen LogP contribution in [0.15, 0.2) is 48.6 Å². The second-order valence-electron chi connectivity index (χ2n) is 12.0. The summed E-state index contributed by atoms with van der Waals surface area (Å²) in [5.74, 6) is 5.75. The van der Waals surface area contributed by atoms with Crippen molar-refractivity contribution in [2.45, 2.75) is 49.4 Å². The van der Waals surface area contributed by atoms with E-state index >= 15 is 0 Å². The largest absolute Gasteiger partial charge is 0.370 e. The van der Waals surface area contributed by atoms with Crippen LogP contribution in [0.25, 0.3) is 0 Å². The fraction of sp³-hybridized carbons (Fsp3) is 0.533. The van der Waals surface area contributed by atoms with E-state index in [-0.39, 0.29) is 0 Å². The predicted molar refractivity (Wildman–Crippen MR) is 131 cm³/mol. The van der Waals surface area contributed by atoms with Gasteiger partial charge in [-0.15, -0.1) is 0 Å². The van der Waals surface area contributed by atoms with Gasteiger partial charge in [0.25, 0.3) is 0 Å². The van der Waals surface area contributed by atoms with E-state index in [4.69, 9.17) is 0 Å². The fourth-order valence-electron chi connectivity index (χ4n) is 9.37. The molecule has 0 bridgehead atoms. The first-order valence-electron chi connectivity index (χ1n) is 13.3. The number of anilines is 2. The van der Waals surface area contributed by atoms with Crippen LogP contribution in [0, 0.1) is 23.7 Å². The number of nitrogens with zero attached hydrogens (tertiary/aromatic N) is 2. The Morgan fingerprint density at radius 3 is 1.00 bits per heavy atom. The Morgan fingerprint density at radius 2 is 0.719 bits per heavy atom. The van der Waals surface area contributed by atoms with Gasteiger partial charge in [0.1, 0.15) is 0 Å². The van der Waals surface area contributed by atoms with Crippen LogP contribution in [0.2, 0.25) is 0 Å². The summed E-state index contributed by atoms with van der Waals surface area (Å²) < 4.78 is 0. The molecule has 8 unspecified atom stereocenters. The Labute approximate surface area is 191 Å². The first-order chi connectivity index (χ1) is 15.9. The van der Waals surface area contributed by atoms with E-state index in [2.05, 4.69) is 58.4 Å². The molecule has 1 aromatic rings. The lowest BCUT2D eigenvalue weighted by atomic mass is 9.64. The maximum Gasteiger partial charge on any atom is 0.0451 e. The van der Waals surface area contributed by atoms with Gasteiger partial charge in [-0.1, -0.05) is 48.6 Å². The van der Waals surface area contributed by atoms with Crippen molar-refractivity contribution in [2.75, 3.05) is 36.0 Å². The second-order valence-corrected chi connectivity index (χ2v) is 12.0. The average molecular weight is 421 g/mol. The summed E-state index contributed by atoms with van der Waals surface area (Å²) in [5.41, 5.74) is 10.5. The van der Waals surface area contributed by atoms with E-state index in [0.717, 1.165) is 23.7 Å². The molecule has 0 fully saturated rings. The van der Waals surface area contributed by atoms with Crippen LogP contribution in [0.1, 0.15) is 71.6 Å². The molecule has 2 nitrogen and oxygen atoms in total. The van der Waals surface area contributed by atoms with Crippen LogP contribution in [0.4, 0.5) is 11.4 Å². The molecule has 162 valence electrons. The van der Waals surface area contributed by atoms with Crippen molar-refractivity contribution in [3.05, 3.63) is 70.9 Å². The molecule has 0 aromatic heterocycles. The lowest BCUT2D eigenvalue weighted by molar-refractivity contribution is 0.379. The van der Waals surface area contributed by atoms with Gasteiger partial charge in [0, 0.05) is 61.2 Å². The van der Waals surface area contributed by atoms with E-state index in [1.165, 1.54) is 51.9 Å². The van der Waals surface area contributed by atoms with Crippen molar-refractivity contribution in [3.8, 4) is 0 Å². The molecule has 4 aliphatic heterocycles. The molecule has 8 aliphatic rings. The molecule has 2 heteroatoms. The summed E-state index contributed by atoms with van der Waals surface area (Å²) in [6.07, 6.45) is 25.5. The molecule has 9 rings (SSSR count). The Kier molecular flexibility index (Phi) is 3.14. The summed E-state index contributed by atoms with van der Waals surface area (Å²) in [7, 11) is 0. The van der Waals surface area contributed by atoms with Crippen molar-refractivity contribution in [3.63, 3.8) is 0 Å². The summed E-state index contributed by atoms with van der Waals surface area (Å²) in [6, 6.07) is 0. The first-order valence-corrected chi connectivity index (χ1v) is 13.3. The minimum absolute atomic E-state index is 0.647. The van der Waals surface area contributed by atoms with Crippen LogP contribution in [-0.2, 0) is 0 Å². The molecule has 4 heterocycles. The highest BCUT2D eigenvalue weighted by Gasteiger charge is 2.52. The van der Waals surface area contributed by atoms with E-state index in [1.54, 1.807) is 33.6 Å². The van der Waals surface area contributed by atoms with Crippen LogP contribution < -0.4 is 9.80 Å². The lowest BCUT2D eigenvalue weighted by Crippen LogP contribution is -2.49. The fourth-order valence-corrected chi connectivity index (χ4v) is 9.37. The molecular formula is C30H32N2. The molecule has 0 spiro atoms. The number of benzene rings is 1. The van der Waals surface area contributed by atoms with Crippen LogP contribution in [0.3, 0.4) is 0 Å². The third-order valence-electron chi connectivity index (χ3n) is 10.5.